The second-order valence-electron chi connectivity index (χ2n) is 7.35. The highest BCUT2D eigenvalue weighted by atomic mass is 127. The lowest BCUT2D eigenvalue weighted by Gasteiger charge is -2.62. The predicted molar refractivity (Wildman–Crippen MR) is 110 cm³/mol. The molecule has 0 atom stereocenters. The number of likely N-dealkylation sites (tertiary alicyclic amines) is 1. The zero-order valence-corrected chi connectivity index (χ0v) is 18.4. The van der Waals surface area contributed by atoms with E-state index in [1.165, 1.54) is 6.26 Å². The molecule has 0 aliphatic carbocycles. The van der Waals surface area contributed by atoms with E-state index in [9.17, 15) is 8.42 Å². The van der Waals surface area contributed by atoms with Crippen LogP contribution in [-0.4, -0.2) is 44.7 Å². The fourth-order valence-electron chi connectivity index (χ4n) is 2.73. The van der Waals surface area contributed by atoms with Crippen LogP contribution in [-0.2, 0) is 16.4 Å². The lowest BCUT2D eigenvalue weighted by atomic mass is 9.65. The third kappa shape index (κ3) is 4.04. The van der Waals surface area contributed by atoms with Gasteiger partial charge in [0.15, 0.2) is 15.8 Å². The molecule has 0 bridgehead atoms. The number of nitrogens with zero attached hydrogens (tertiary/aromatic N) is 2. The summed E-state index contributed by atoms with van der Waals surface area (Å²) in [6.45, 7) is 10.6. The Morgan fingerprint density at radius 1 is 1.21 bits per heavy atom. The maximum atomic E-state index is 11.5. The van der Waals surface area contributed by atoms with Crippen LogP contribution in [0, 0.1) is 5.41 Å². The summed E-state index contributed by atoms with van der Waals surface area (Å²) in [6, 6.07) is 6.96. The van der Waals surface area contributed by atoms with Crippen LogP contribution in [0.25, 0.3) is 0 Å². The average Bonchev–Trinajstić information content (AvgIpc) is 2.46. The van der Waals surface area contributed by atoms with E-state index in [2.05, 4.69) is 42.9 Å². The van der Waals surface area contributed by atoms with E-state index >= 15 is 0 Å². The van der Waals surface area contributed by atoms with E-state index in [1.807, 2.05) is 12.1 Å². The Labute approximate surface area is 162 Å². The number of guanidine groups is 1. The van der Waals surface area contributed by atoms with Gasteiger partial charge in [0, 0.05) is 37.3 Å². The first-order valence-electron chi connectivity index (χ1n) is 7.76. The van der Waals surface area contributed by atoms with Gasteiger partial charge >= 0.3 is 0 Å². The van der Waals surface area contributed by atoms with Crippen LogP contribution in [0.15, 0.2) is 34.2 Å². The smallest absolute Gasteiger partial charge is 0.194 e. The number of aliphatic imine (C=N–C) groups is 1. The van der Waals surface area contributed by atoms with Crippen molar-refractivity contribution >= 4 is 39.8 Å². The number of hydrogen-bond acceptors (Lipinski definition) is 3. The second kappa shape index (κ2) is 7.19. The molecule has 1 N–H and O–H groups in total. The van der Waals surface area contributed by atoms with Crippen molar-refractivity contribution in [1.82, 2.24) is 10.2 Å². The van der Waals surface area contributed by atoms with Gasteiger partial charge in [-0.1, -0.05) is 26.0 Å². The standard InChI is InChI=1S/C17H27N3O2S.HI/c1-16(2)12-20(17(16,3)4)15(18-5)19-11-13-7-9-14(10-8-13)23(6,21)22;/h7-10H,11-12H2,1-6H3,(H,18,19);1H. The lowest BCUT2D eigenvalue weighted by molar-refractivity contribution is -0.0667. The highest BCUT2D eigenvalue weighted by Gasteiger charge is 2.53. The second-order valence-corrected chi connectivity index (χ2v) is 9.36. The number of nitrogens with one attached hydrogen (secondary N) is 1. The maximum absolute atomic E-state index is 11.5. The van der Waals surface area contributed by atoms with Gasteiger partial charge < -0.3 is 10.2 Å². The first kappa shape index (κ1) is 21.2. The summed E-state index contributed by atoms with van der Waals surface area (Å²) in [7, 11) is -1.36. The van der Waals surface area contributed by atoms with Crippen molar-refractivity contribution in [2.75, 3.05) is 19.8 Å². The minimum atomic E-state index is -3.14. The van der Waals surface area contributed by atoms with Crippen LogP contribution in [0.1, 0.15) is 33.3 Å². The number of halogens is 1. The Bertz CT molecular complexity index is 710. The highest BCUT2D eigenvalue weighted by Crippen LogP contribution is 2.46. The van der Waals surface area contributed by atoms with Crippen molar-refractivity contribution in [2.45, 2.75) is 44.7 Å². The van der Waals surface area contributed by atoms with Gasteiger partial charge in [-0.2, -0.15) is 0 Å². The molecule has 0 spiro atoms. The molecule has 1 fully saturated rings. The van der Waals surface area contributed by atoms with Gasteiger partial charge in [0.25, 0.3) is 0 Å². The molecule has 7 heteroatoms. The Balaban J connectivity index is 0.00000288. The Hall–Kier alpha value is -0.830. The number of rotatable bonds is 3. The first-order chi connectivity index (χ1) is 10.5. The Morgan fingerprint density at radius 2 is 1.75 bits per heavy atom. The summed E-state index contributed by atoms with van der Waals surface area (Å²) >= 11 is 0. The zero-order valence-electron chi connectivity index (χ0n) is 15.3. The molecule has 0 amide bonds. The molecule has 0 saturated carbocycles. The summed E-state index contributed by atoms with van der Waals surface area (Å²) in [5.74, 6) is 0.876. The van der Waals surface area contributed by atoms with Gasteiger partial charge in [-0.3, -0.25) is 4.99 Å². The van der Waals surface area contributed by atoms with Gasteiger partial charge in [0.1, 0.15) is 0 Å². The quantitative estimate of drug-likeness (QED) is 0.424. The third-order valence-electron chi connectivity index (χ3n) is 5.15. The van der Waals surface area contributed by atoms with Crippen LogP contribution in [0.3, 0.4) is 0 Å². The van der Waals surface area contributed by atoms with Gasteiger partial charge in [-0.05, 0) is 31.5 Å². The van der Waals surface area contributed by atoms with Crippen molar-refractivity contribution in [1.29, 1.82) is 0 Å². The Morgan fingerprint density at radius 3 is 2.12 bits per heavy atom. The van der Waals surface area contributed by atoms with Crippen LogP contribution < -0.4 is 5.32 Å². The van der Waals surface area contributed by atoms with Crippen LogP contribution in [0.4, 0.5) is 0 Å². The lowest BCUT2D eigenvalue weighted by Crippen LogP contribution is -2.72. The summed E-state index contributed by atoms with van der Waals surface area (Å²) < 4.78 is 23.0. The number of hydrogen-bond donors (Lipinski definition) is 1. The molecule has 24 heavy (non-hydrogen) atoms. The van der Waals surface area contributed by atoms with E-state index in [0.717, 1.165) is 18.1 Å². The van der Waals surface area contributed by atoms with Crippen LogP contribution >= 0.6 is 24.0 Å². The molecule has 1 heterocycles. The summed E-state index contributed by atoms with van der Waals surface area (Å²) in [4.78, 5) is 7.00. The molecule has 0 unspecified atom stereocenters. The molecule has 1 aliphatic rings. The minimum absolute atomic E-state index is 0. The van der Waals surface area contributed by atoms with E-state index in [0.29, 0.717) is 11.4 Å². The number of sulfone groups is 1. The van der Waals surface area contributed by atoms with E-state index in [-0.39, 0.29) is 34.9 Å². The van der Waals surface area contributed by atoms with Crippen molar-refractivity contribution in [3.63, 3.8) is 0 Å². The van der Waals surface area contributed by atoms with E-state index < -0.39 is 9.84 Å². The van der Waals surface area contributed by atoms with Crippen molar-refractivity contribution in [2.24, 2.45) is 10.4 Å². The fourth-order valence-corrected chi connectivity index (χ4v) is 3.36. The monoisotopic (exact) mass is 465 g/mol. The summed E-state index contributed by atoms with van der Waals surface area (Å²) in [5.41, 5.74) is 1.33. The molecular formula is C17H28IN3O2S. The topological polar surface area (TPSA) is 61.8 Å². The van der Waals surface area contributed by atoms with Crippen molar-refractivity contribution < 1.29 is 8.42 Å². The number of benzene rings is 1. The van der Waals surface area contributed by atoms with Crippen molar-refractivity contribution in [3.8, 4) is 0 Å². The predicted octanol–water partition coefficient (Wildman–Crippen LogP) is 2.90. The normalized spacial score (nSPS) is 19.2. The molecule has 5 nitrogen and oxygen atoms in total. The first-order valence-corrected chi connectivity index (χ1v) is 9.65. The van der Waals surface area contributed by atoms with Crippen molar-refractivity contribution in [3.05, 3.63) is 29.8 Å². The molecule has 1 aromatic rings. The molecule has 1 aromatic carbocycles. The minimum Gasteiger partial charge on any atom is -0.352 e. The molecule has 136 valence electrons. The van der Waals surface area contributed by atoms with Gasteiger partial charge in [0.2, 0.25) is 0 Å². The summed E-state index contributed by atoms with van der Waals surface area (Å²) in [6.07, 6.45) is 1.22. The van der Waals surface area contributed by atoms with E-state index in [4.69, 9.17) is 0 Å². The fraction of sp³-hybridized carbons (Fsp3) is 0.588. The molecule has 1 saturated heterocycles. The van der Waals surface area contributed by atoms with Crippen LogP contribution in [0.2, 0.25) is 0 Å². The Kier molecular flexibility index (Phi) is 6.36. The highest BCUT2D eigenvalue weighted by molar-refractivity contribution is 14.0. The van der Waals surface area contributed by atoms with E-state index in [1.54, 1.807) is 19.2 Å². The molecular weight excluding hydrogens is 437 g/mol. The van der Waals surface area contributed by atoms with Gasteiger partial charge in [-0.15, -0.1) is 24.0 Å². The van der Waals surface area contributed by atoms with Gasteiger partial charge in [-0.25, -0.2) is 8.42 Å². The maximum Gasteiger partial charge on any atom is 0.194 e. The molecule has 2 rings (SSSR count). The zero-order chi connectivity index (χ0) is 17.5. The molecule has 0 aromatic heterocycles. The average molecular weight is 465 g/mol. The largest absolute Gasteiger partial charge is 0.352 e. The summed E-state index contributed by atoms with van der Waals surface area (Å²) in [5, 5.41) is 3.37. The third-order valence-corrected chi connectivity index (χ3v) is 6.28. The molecule has 1 aliphatic heterocycles. The van der Waals surface area contributed by atoms with Gasteiger partial charge in [0.05, 0.1) is 4.90 Å². The molecule has 0 radical (unpaired) electrons. The van der Waals surface area contributed by atoms with Crippen LogP contribution in [0.5, 0.6) is 0 Å². The SMILES string of the molecule is CN=C(NCc1ccc(S(C)(=O)=O)cc1)N1CC(C)(C)C1(C)C.I.